The highest BCUT2D eigenvalue weighted by Gasteiger charge is 2.67. The van der Waals surface area contributed by atoms with Crippen LogP contribution in [0.2, 0.25) is 0 Å². The summed E-state index contributed by atoms with van der Waals surface area (Å²) in [6.07, 6.45) is 12.7. The maximum Gasteiger partial charge on any atom is 0.242 e. The molecular formula is C29H53N2O+. The molecule has 4 rings (SSSR count). The second-order valence-corrected chi connectivity index (χ2v) is 14.1. The molecule has 32 heavy (non-hydrogen) atoms. The number of nitrogens with zero attached hydrogens (tertiary/aromatic N) is 1. The zero-order valence-corrected chi connectivity index (χ0v) is 22.5. The second-order valence-electron chi connectivity index (χ2n) is 14.1. The lowest BCUT2D eigenvalue weighted by Gasteiger charge is -2.67. The highest BCUT2D eigenvalue weighted by molar-refractivity contribution is 5.75. The molecule has 4 saturated carbocycles. The number of rotatable bonds is 4. The first-order valence-electron chi connectivity index (χ1n) is 13.8. The smallest absolute Gasteiger partial charge is 0.242 e. The van der Waals surface area contributed by atoms with Crippen LogP contribution in [0.3, 0.4) is 0 Å². The van der Waals surface area contributed by atoms with Crippen molar-refractivity contribution in [2.75, 3.05) is 14.1 Å². The summed E-state index contributed by atoms with van der Waals surface area (Å²) in [7, 11) is 4.13. The molecule has 3 heteroatoms. The van der Waals surface area contributed by atoms with Gasteiger partial charge in [0.25, 0.3) is 0 Å². The minimum Gasteiger partial charge on any atom is -0.393 e. The van der Waals surface area contributed by atoms with E-state index in [9.17, 15) is 5.11 Å². The Morgan fingerprint density at radius 2 is 1.56 bits per heavy atom. The Morgan fingerprint density at radius 3 is 2.22 bits per heavy atom. The van der Waals surface area contributed by atoms with Gasteiger partial charge < -0.3 is 5.11 Å². The zero-order valence-electron chi connectivity index (χ0n) is 22.5. The number of hydrogen-bond acceptors (Lipinski definition) is 1. The number of aliphatic hydroxyl groups is 1. The summed E-state index contributed by atoms with van der Waals surface area (Å²) < 4.78 is 2.08. The number of nitrogens with two attached hydrogens (primary N) is 1. The third kappa shape index (κ3) is 3.34. The van der Waals surface area contributed by atoms with Crippen LogP contribution in [-0.2, 0) is 0 Å². The molecule has 0 saturated heterocycles. The molecule has 4 aliphatic rings. The van der Waals surface area contributed by atoms with Gasteiger partial charge in [-0.15, -0.1) is 0 Å². The Kier molecular flexibility index (Phi) is 6.13. The molecule has 184 valence electrons. The fourth-order valence-corrected chi connectivity index (χ4v) is 10.3. The first kappa shape index (κ1) is 24.6. The average molecular weight is 446 g/mol. The Balaban J connectivity index is 1.57. The van der Waals surface area contributed by atoms with Gasteiger partial charge >= 0.3 is 0 Å². The molecule has 9 atom stereocenters. The fraction of sp³-hybridized carbons (Fsp3) is 0.966. The van der Waals surface area contributed by atoms with Crippen molar-refractivity contribution in [2.24, 2.45) is 57.0 Å². The fourth-order valence-electron chi connectivity index (χ4n) is 10.3. The van der Waals surface area contributed by atoms with Crippen LogP contribution >= 0.6 is 0 Å². The van der Waals surface area contributed by atoms with Crippen LogP contribution in [0.15, 0.2) is 0 Å². The molecule has 0 bridgehead atoms. The molecule has 0 radical (unpaired) electrons. The first-order chi connectivity index (χ1) is 14.8. The Morgan fingerprint density at radius 1 is 0.906 bits per heavy atom. The predicted molar refractivity (Wildman–Crippen MR) is 135 cm³/mol. The molecule has 3 nitrogen and oxygen atoms in total. The largest absolute Gasteiger partial charge is 0.393 e. The van der Waals surface area contributed by atoms with E-state index in [0.717, 1.165) is 42.3 Å². The monoisotopic (exact) mass is 445 g/mol. The quantitative estimate of drug-likeness (QED) is 0.313. The first-order valence-corrected chi connectivity index (χ1v) is 13.8. The third-order valence-electron chi connectivity index (χ3n) is 12.6. The van der Waals surface area contributed by atoms with Crippen molar-refractivity contribution in [3.05, 3.63) is 0 Å². The molecule has 3 N–H and O–H groups in total. The minimum atomic E-state index is -0.121. The average Bonchev–Trinajstić information content (AvgIpc) is 3.00. The SMILES string of the molecule is C[C@H](CCC(N)=[N+](C)C)C1CC[C@@]2(C)C3CCC4C(C)(C)C(O)CCC4(C)C3CCC12C. The maximum absolute atomic E-state index is 10.8. The van der Waals surface area contributed by atoms with Crippen LogP contribution in [0.5, 0.6) is 0 Å². The van der Waals surface area contributed by atoms with E-state index in [1.807, 2.05) is 0 Å². The molecule has 0 aromatic rings. The van der Waals surface area contributed by atoms with E-state index in [1.54, 1.807) is 0 Å². The molecule has 0 aromatic heterocycles. The summed E-state index contributed by atoms with van der Waals surface area (Å²) in [4.78, 5) is 0. The zero-order chi connectivity index (χ0) is 23.7. The van der Waals surface area contributed by atoms with Crippen LogP contribution in [0.1, 0.15) is 106 Å². The Hall–Kier alpha value is -0.570. The van der Waals surface area contributed by atoms with Crippen molar-refractivity contribution in [1.82, 2.24) is 0 Å². The molecular weight excluding hydrogens is 392 g/mol. The summed E-state index contributed by atoms with van der Waals surface area (Å²) in [6.45, 7) is 15.2. The molecule has 7 unspecified atom stereocenters. The number of aliphatic hydroxyl groups excluding tert-OH is 1. The van der Waals surface area contributed by atoms with Crippen molar-refractivity contribution in [3.63, 3.8) is 0 Å². The van der Waals surface area contributed by atoms with Gasteiger partial charge in [-0.3, -0.25) is 10.3 Å². The molecule has 0 aromatic carbocycles. The Bertz CT molecular complexity index is 754. The van der Waals surface area contributed by atoms with E-state index in [0.29, 0.717) is 22.2 Å². The van der Waals surface area contributed by atoms with Gasteiger partial charge in [0.15, 0.2) is 0 Å². The lowest BCUT2D eigenvalue weighted by Crippen LogP contribution is -2.61. The lowest BCUT2D eigenvalue weighted by molar-refractivity contribution is -0.466. The Labute approximate surface area is 198 Å². The molecule has 0 aliphatic heterocycles. The van der Waals surface area contributed by atoms with Crippen LogP contribution < -0.4 is 5.73 Å². The number of amidine groups is 1. The predicted octanol–water partition coefficient (Wildman–Crippen LogP) is 6.08. The van der Waals surface area contributed by atoms with Gasteiger partial charge in [-0.2, -0.15) is 0 Å². The van der Waals surface area contributed by atoms with Crippen molar-refractivity contribution in [2.45, 2.75) is 112 Å². The molecule has 0 amide bonds. The molecule has 4 aliphatic carbocycles. The van der Waals surface area contributed by atoms with E-state index in [4.69, 9.17) is 5.73 Å². The highest BCUT2D eigenvalue weighted by atomic mass is 16.3. The van der Waals surface area contributed by atoms with Gasteiger partial charge in [-0.1, -0.05) is 41.5 Å². The van der Waals surface area contributed by atoms with E-state index in [2.05, 4.69) is 60.2 Å². The van der Waals surface area contributed by atoms with E-state index in [1.165, 1.54) is 51.4 Å². The molecule has 0 heterocycles. The molecule has 0 spiro atoms. The van der Waals surface area contributed by atoms with E-state index < -0.39 is 0 Å². The standard InChI is InChI=1S/C29H52N2O/c1-19(9-12-25(30)31(7)8)20-13-17-29(6)22-10-11-23-26(2,3)24(32)15-16-27(23,4)21(22)14-18-28(20,29)5/h19-24,30,32H,9-18H2,1-8H3/p+1/t19-,20?,21?,22?,23?,24?,27?,28?,29+/m1/s1. The van der Waals surface area contributed by atoms with Crippen molar-refractivity contribution in [3.8, 4) is 0 Å². The van der Waals surface area contributed by atoms with Crippen LogP contribution in [0, 0.1) is 51.2 Å². The highest BCUT2D eigenvalue weighted by Crippen LogP contribution is 2.74. The van der Waals surface area contributed by atoms with Crippen LogP contribution in [-0.4, -0.2) is 35.7 Å². The normalized spacial score (nSPS) is 48.3. The van der Waals surface area contributed by atoms with E-state index in [-0.39, 0.29) is 11.5 Å². The molecule has 4 fully saturated rings. The van der Waals surface area contributed by atoms with Gasteiger partial charge in [-0.05, 0) is 109 Å². The van der Waals surface area contributed by atoms with Gasteiger partial charge in [0.1, 0.15) is 0 Å². The topological polar surface area (TPSA) is 49.3 Å². The van der Waals surface area contributed by atoms with Crippen molar-refractivity contribution < 1.29 is 9.68 Å². The minimum absolute atomic E-state index is 0.0647. The lowest BCUT2D eigenvalue weighted by atomic mass is 9.38. The van der Waals surface area contributed by atoms with Crippen LogP contribution in [0.4, 0.5) is 0 Å². The summed E-state index contributed by atoms with van der Waals surface area (Å²) in [5, 5.41) is 10.8. The van der Waals surface area contributed by atoms with E-state index >= 15 is 0 Å². The summed E-state index contributed by atoms with van der Waals surface area (Å²) >= 11 is 0. The number of hydrogen-bond donors (Lipinski definition) is 2. The summed E-state index contributed by atoms with van der Waals surface area (Å²) in [5.74, 6) is 4.99. The van der Waals surface area contributed by atoms with Gasteiger partial charge in [0.2, 0.25) is 5.84 Å². The van der Waals surface area contributed by atoms with Crippen molar-refractivity contribution in [1.29, 1.82) is 0 Å². The van der Waals surface area contributed by atoms with Gasteiger partial charge in [-0.25, -0.2) is 0 Å². The van der Waals surface area contributed by atoms with Crippen LogP contribution in [0.25, 0.3) is 0 Å². The van der Waals surface area contributed by atoms with Crippen molar-refractivity contribution >= 4 is 5.84 Å². The number of fused-ring (bicyclic) bond motifs is 5. The summed E-state index contributed by atoms with van der Waals surface area (Å²) in [6, 6.07) is 0. The maximum atomic E-state index is 10.8. The third-order valence-corrected chi connectivity index (χ3v) is 12.6. The summed E-state index contributed by atoms with van der Waals surface area (Å²) in [5.41, 5.74) is 7.69. The van der Waals surface area contributed by atoms with Gasteiger partial charge in [0.05, 0.1) is 20.2 Å². The van der Waals surface area contributed by atoms with Gasteiger partial charge in [0, 0.05) is 6.42 Å². The second kappa shape index (κ2) is 7.99.